The van der Waals surface area contributed by atoms with Gasteiger partial charge in [0.15, 0.2) is 5.82 Å². The zero-order valence-corrected chi connectivity index (χ0v) is 21.7. The van der Waals surface area contributed by atoms with E-state index in [0.717, 1.165) is 80.6 Å². The molecule has 0 spiro atoms. The summed E-state index contributed by atoms with van der Waals surface area (Å²) in [6.45, 7) is 6.42. The van der Waals surface area contributed by atoms with Crippen molar-refractivity contribution in [2.45, 2.75) is 45.3 Å². The van der Waals surface area contributed by atoms with E-state index in [4.69, 9.17) is 14.5 Å². The third-order valence-corrected chi connectivity index (χ3v) is 6.97. The number of anilines is 1. The number of likely N-dealkylation sites (tertiary alicyclic amines) is 1. The number of pyridine rings is 1. The van der Waals surface area contributed by atoms with Gasteiger partial charge in [0.1, 0.15) is 24.3 Å². The first kappa shape index (κ1) is 24.4. The van der Waals surface area contributed by atoms with E-state index in [9.17, 15) is 0 Å². The second-order valence-corrected chi connectivity index (χ2v) is 9.69. The minimum Gasteiger partial charge on any atom is -0.490 e. The molecule has 1 N–H and O–H groups in total. The van der Waals surface area contributed by atoms with Crippen molar-refractivity contribution in [3.63, 3.8) is 0 Å². The minimum atomic E-state index is 0.213. The molecule has 0 aliphatic carbocycles. The average Bonchev–Trinajstić information content (AvgIpc) is 3.35. The Morgan fingerprint density at radius 1 is 1.13 bits per heavy atom. The van der Waals surface area contributed by atoms with Crippen LogP contribution in [0.1, 0.15) is 43.3 Å². The van der Waals surface area contributed by atoms with Crippen LogP contribution in [0.15, 0.2) is 64.9 Å². The van der Waals surface area contributed by atoms with Crippen molar-refractivity contribution in [1.82, 2.24) is 19.4 Å². The van der Waals surface area contributed by atoms with Gasteiger partial charge in [-0.2, -0.15) is 0 Å². The van der Waals surface area contributed by atoms with Crippen molar-refractivity contribution in [3.05, 3.63) is 72.0 Å². The second kappa shape index (κ2) is 11.2. The second-order valence-electron chi connectivity index (χ2n) is 9.69. The summed E-state index contributed by atoms with van der Waals surface area (Å²) in [7, 11) is 0. The van der Waals surface area contributed by atoms with Crippen LogP contribution in [-0.4, -0.2) is 63.9 Å². The number of piperidine rings is 1. The summed E-state index contributed by atoms with van der Waals surface area (Å²) in [6, 6.07) is 12.4. The highest BCUT2D eigenvalue weighted by molar-refractivity contribution is 5.93. The van der Waals surface area contributed by atoms with Gasteiger partial charge in [0.2, 0.25) is 5.82 Å². The van der Waals surface area contributed by atoms with Crippen LogP contribution in [0.4, 0.5) is 11.6 Å². The molecule has 0 radical (unpaired) electrons. The third kappa shape index (κ3) is 5.33. The van der Waals surface area contributed by atoms with Crippen LogP contribution in [0.2, 0.25) is 0 Å². The van der Waals surface area contributed by atoms with Gasteiger partial charge in [0.25, 0.3) is 5.90 Å². The number of nitrogens with one attached hydrogen (secondary N) is 1. The van der Waals surface area contributed by atoms with Crippen molar-refractivity contribution < 1.29 is 9.47 Å². The number of fused-ring (bicyclic) bond motifs is 1. The predicted molar refractivity (Wildman–Crippen MR) is 149 cm³/mol. The fourth-order valence-electron chi connectivity index (χ4n) is 5.11. The summed E-state index contributed by atoms with van der Waals surface area (Å²) in [5, 5.41) is 3.29. The Bertz CT molecular complexity index is 1350. The smallest absolute Gasteiger partial charge is 0.258 e. The van der Waals surface area contributed by atoms with E-state index in [1.54, 1.807) is 6.20 Å². The number of nitrogens with zero attached hydrogens (tertiary/aromatic N) is 6. The highest BCUT2D eigenvalue weighted by Crippen LogP contribution is 2.31. The van der Waals surface area contributed by atoms with Crippen LogP contribution in [-0.2, 0) is 17.7 Å². The molecule has 0 amide bonds. The van der Waals surface area contributed by atoms with Gasteiger partial charge < -0.3 is 14.8 Å². The van der Waals surface area contributed by atoms with E-state index < -0.39 is 0 Å². The number of aromatic nitrogens is 3. The van der Waals surface area contributed by atoms with Crippen molar-refractivity contribution in [3.8, 4) is 11.4 Å². The van der Waals surface area contributed by atoms with Crippen molar-refractivity contribution in [1.29, 1.82) is 0 Å². The maximum Gasteiger partial charge on any atom is 0.258 e. The van der Waals surface area contributed by atoms with Gasteiger partial charge in [-0.15, -0.1) is 0 Å². The molecular weight excluding hydrogens is 478 g/mol. The summed E-state index contributed by atoms with van der Waals surface area (Å²) in [5.41, 5.74) is 3.22. The van der Waals surface area contributed by atoms with Crippen LogP contribution in [0.25, 0.3) is 5.69 Å². The summed E-state index contributed by atoms with van der Waals surface area (Å²) in [5.74, 6) is 3.88. The SMILES string of the molecule is CCNc1cc(CN2CCC(Oc3ccc(-n4c(C5=NC=CCO5)nc5c4N=CCC5)cc3)CC2)ccn1. The summed E-state index contributed by atoms with van der Waals surface area (Å²) in [4.78, 5) is 20.8. The molecule has 3 aromatic rings. The molecule has 5 heterocycles. The van der Waals surface area contributed by atoms with E-state index in [1.165, 1.54) is 5.56 Å². The van der Waals surface area contributed by atoms with Crippen LogP contribution in [0, 0.1) is 0 Å². The molecule has 1 fully saturated rings. The number of hydrogen-bond acceptors (Lipinski definition) is 8. The van der Waals surface area contributed by atoms with Crippen LogP contribution in [0.5, 0.6) is 5.75 Å². The fraction of sp³-hybridized carbons (Fsp3) is 0.379. The van der Waals surface area contributed by atoms with Crippen LogP contribution < -0.4 is 10.1 Å². The largest absolute Gasteiger partial charge is 0.490 e. The molecule has 0 atom stereocenters. The molecule has 9 heteroatoms. The number of rotatable bonds is 8. The Kier molecular flexibility index (Phi) is 7.17. The van der Waals surface area contributed by atoms with Gasteiger partial charge in [-0.3, -0.25) is 9.47 Å². The van der Waals surface area contributed by atoms with Gasteiger partial charge >= 0.3 is 0 Å². The Hall–Kier alpha value is -3.98. The fourth-order valence-corrected chi connectivity index (χ4v) is 5.11. The lowest BCUT2D eigenvalue weighted by molar-refractivity contribution is 0.0968. The van der Waals surface area contributed by atoms with Gasteiger partial charge in [-0.1, -0.05) is 0 Å². The summed E-state index contributed by atoms with van der Waals surface area (Å²) < 4.78 is 14.2. The monoisotopic (exact) mass is 511 g/mol. The first-order chi connectivity index (χ1) is 18.8. The van der Waals surface area contributed by atoms with E-state index in [2.05, 4.69) is 56.4 Å². The normalized spacial score (nSPS) is 17.6. The zero-order chi connectivity index (χ0) is 25.7. The molecule has 3 aliphatic heterocycles. The lowest BCUT2D eigenvalue weighted by atomic mass is 10.1. The van der Waals surface area contributed by atoms with Gasteiger partial charge in [0.05, 0.1) is 5.69 Å². The molecule has 9 nitrogen and oxygen atoms in total. The number of aliphatic imine (C=N–C) groups is 2. The lowest BCUT2D eigenvalue weighted by Gasteiger charge is -2.32. The lowest BCUT2D eigenvalue weighted by Crippen LogP contribution is -2.37. The molecule has 0 bridgehead atoms. The first-order valence-corrected chi connectivity index (χ1v) is 13.4. The molecule has 2 aromatic heterocycles. The molecule has 3 aliphatic rings. The minimum absolute atomic E-state index is 0.213. The molecule has 6 rings (SSSR count). The molecular formula is C29H33N7O2. The standard InChI is InChI=1S/C29H33N7O2/c1-2-30-26-19-21(10-15-31-26)20-35-16-11-24(12-17-35)38-23-8-6-22(7-9-23)36-27-25(5-3-13-32-27)34-28(36)29-33-14-4-18-37-29/h4,6-10,13-15,19,24H,2-3,5,11-12,16-18,20H2,1H3,(H,30,31). The van der Waals surface area contributed by atoms with Crippen LogP contribution >= 0.6 is 0 Å². The average molecular weight is 512 g/mol. The summed E-state index contributed by atoms with van der Waals surface area (Å²) in [6.07, 6.45) is 11.5. The maximum absolute atomic E-state index is 6.38. The Balaban J connectivity index is 1.10. The van der Waals surface area contributed by atoms with E-state index >= 15 is 0 Å². The Morgan fingerprint density at radius 2 is 2.00 bits per heavy atom. The summed E-state index contributed by atoms with van der Waals surface area (Å²) >= 11 is 0. The topological polar surface area (TPSA) is 89.2 Å². The Labute approximate surface area is 222 Å². The maximum atomic E-state index is 6.38. The molecule has 196 valence electrons. The molecule has 1 aromatic carbocycles. The van der Waals surface area contributed by atoms with Gasteiger partial charge in [0, 0.05) is 50.5 Å². The molecule has 0 unspecified atom stereocenters. The quantitative estimate of drug-likeness (QED) is 0.472. The number of hydrogen-bond donors (Lipinski definition) is 1. The van der Waals surface area contributed by atoms with Crippen molar-refractivity contribution >= 4 is 23.7 Å². The van der Waals surface area contributed by atoms with E-state index in [1.807, 2.05) is 35.2 Å². The highest BCUT2D eigenvalue weighted by atomic mass is 16.5. The first-order valence-electron chi connectivity index (χ1n) is 13.4. The predicted octanol–water partition coefficient (Wildman–Crippen LogP) is 4.68. The molecule has 38 heavy (non-hydrogen) atoms. The number of imidazole rings is 1. The van der Waals surface area contributed by atoms with Crippen molar-refractivity contribution in [2.24, 2.45) is 9.98 Å². The van der Waals surface area contributed by atoms with E-state index in [-0.39, 0.29) is 6.10 Å². The number of aryl methyl sites for hydroxylation is 1. The van der Waals surface area contributed by atoms with Gasteiger partial charge in [-0.25, -0.2) is 20.0 Å². The van der Waals surface area contributed by atoms with Crippen molar-refractivity contribution in [2.75, 3.05) is 31.6 Å². The van der Waals surface area contributed by atoms with E-state index in [0.29, 0.717) is 18.3 Å². The number of benzene rings is 1. The van der Waals surface area contributed by atoms with Gasteiger partial charge in [-0.05, 0) is 80.6 Å². The molecule has 0 saturated carbocycles. The number of ether oxygens (including phenoxy) is 2. The molecule has 1 saturated heterocycles. The van der Waals surface area contributed by atoms with Crippen LogP contribution in [0.3, 0.4) is 0 Å². The Morgan fingerprint density at radius 3 is 2.79 bits per heavy atom. The third-order valence-electron chi connectivity index (χ3n) is 6.97. The highest BCUT2D eigenvalue weighted by Gasteiger charge is 2.25. The zero-order valence-electron chi connectivity index (χ0n) is 21.7.